The molecule has 3 heteroatoms. The van der Waals surface area contributed by atoms with Gasteiger partial charge in [0.15, 0.2) is 0 Å². The SMILES string of the molecule is CC(C)/C(=C/c1ccc(Cl)c(Br)c1)CCl. The number of rotatable bonds is 3. The van der Waals surface area contributed by atoms with Gasteiger partial charge < -0.3 is 0 Å². The minimum absolute atomic E-state index is 0.469. The summed E-state index contributed by atoms with van der Waals surface area (Å²) in [4.78, 5) is 0. The van der Waals surface area contributed by atoms with E-state index in [4.69, 9.17) is 23.2 Å². The maximum absolute atomic E-state index is 5.92. The van der Waals surface area contributed by atoms with Gasteiger partial charge in [-0.2, -0.15) is 0 Å². The third-order valence-corrected chi connectivity index (χ3v) is 3.71. The number of halogens is 3. The third-order valence-electron chi connectivity index (χ3n) is 2.19. The fourth-order valence-corrected chi connectivity index (χ4v) is 2.08. The molecule has 0 N–H and O–H groups in total. The summed E-state index contributed by atoms with van der Waals surface area (Å²) >= 11 is 15.2. The van der Waals surface area contributed by atoms with Crippen LogP contribution in [0.3, 0.4) is 0 Å². The van der Waals surface area contributed by atoms with Crippen LogP contribution in [0.2, 0.25) is 5.02 Å². The third kappa shape index (κ3) is 3.82. The summed E-state index contributed by atoms with van der Waals surface area (Å²) in [5.74, 6) is 1.04. The molecule has 0 saturated heterocycles. The average molecular weight is 308 g/mol. The van der Waals surface area contributed by atoms with E-state index in [2.05, 4.69) is 35.9 Å². The zero-order valence-electron chi connectivity index (χ0n) is 8.73. The van der Waals surface area contributed by atoms with E-state index in [-0.39, 0.29) is 0 Å². The van der Waals surface area contributed by atoms with Gasteiger partial charge in [-0.1, -0.05) is 43.2 Å². The van der Waals surface area contributed by atoms with Crippen LogP contribution in [0, 0.1) is 5.92 Å². The van der Waals surface area contributed by atoms with Crippen LogP contribution < -0.4 is 0 Å². The Morgan fingerprint density at radius 2 is 2.13 bits per heavy atom. The van der Waals surface area contributed by atoms with Crippen molar-refractivity contribution in [3.05, 3.63) is 38.8 Å². The Balaban J connectivity index is 3.01. The molecule has 0 amide bonds. The molecule has 0 aliphatic heterocycles. The van der Waals surface area contributed by atoms with Crippen LogP contribution >= 0.6 is 39.1 Å². The highest BCUT2D eigenvalue weighted by atomic mass is 79.9. The predicted molar refractivity (Wildman–Crippen MR) is 72.7 cm³/mol. The lowest BCUT2D eigenvalue weighted by atomic mass is 10.0. The van der Waals surface area contributed by atoms with Crippen molar-refractivity contribution in [1.29, 1.82) is 0 Å². The number of alkyl halides is 1. The largest absolute Gasteiger partial charge is 0.122 e. The molecule has 0 radical (unpaired) electrons. The number of hydrogen-bond donors (Lipinski definition) is 0. The number of hydrogen-bond acceptors (Lipinski definition) is 0. The molecule has 82 valence electrons. The van der Waals surface area contributed by atoms with Crippen molar-refractivity contribution >= 4 is 45.2 Å². The van der Waals surface area contributed by atoms with Crippen molar-refractivity contribution in [2.45, 2.75) is 13.8 Å². The maximum Gasteiger partial charge on any atom is 0.0548 e. The van der Waals surface area contributed by atoms with Gasteiger partial charge in [0.1, 0.15) is 0 Å². The quantitative estimate of drug-likeness (QED) is 0.658. The number of benzene rings is 1. The molecular formula is C12H13BrCl2. The molecule has 1 rings (SSSR count). The van der Waals surface area contributed by atoms with E-state index in [0.29, 0.717) is 11.8 Å². The fraction of sp³-hybridized carbons (Fsp3) is 0.333. The lowest BCUT2D eigenvalue weighted by Gasteiger charge is -2.08. The molecule has 0 unspecified atom stereocenters. The van der Waals surface area contributed by atoms with Crippen molar-refractivity contribution in [3.8, 4) is 0 Å². The van der Waals surface area contributed by atoms with Crippen molar-refractivity contribution in [2.75, 3.05) is 5.88 Å². The van der Waals surface area contributed by atoms with Crippen molar-refractivity contribution in [3.63, 3.8) is 0 Å². The maximum atomic E-state index is 5.92. The van der Waals surface area contributed by atoms with Gasteiger partial charge in [-0.15, -0.1) is 11.6 Å². The molecule has 0 aliphatic carbocycles. The predicted octanol–water partition coefficient (Wildman–Crippen LogP) is 5.38. The molecule has 1 aromatic rings. The Hall–Kier alpha value is 0.0200. The molecule has 15 heavy (non-hydrogen) atoms. The van der Waals surface area contributed by atoms with Gasteiger partial charge in [0.2, 0.25) is 0 Å². The standard InChI is InChI=1S/C12H13BrCl2/c1-8(2)10(7-14)5-9-3-4-12(15)11(13)6-9/h3-6,8H,7H2,1-2H3/b10-5+. The molecule has 0 aliphatic rings. The summed E-state index contributed by atoms with van der Waals surface area (Å²) in [5, 5.41) is 0.726. The van der Waals surface area contributed by atoms with Crippen LogP contribution in [0.4, 0.5) is 0 Å². The van der Waals surface area contributed by atoms with Gasteiger partial charge in [-0.3, -0.25) is 0 Å². The molecule has 0 heterocycles. The van der Waals surface area contributed by atoms with Gasteiger partial charge in [0.05, 0.1) is 5.02 Å². The molecule has 0 bridgehead atoms. The highest BCUT2D eigenvalue weighted by Crippen LogP contribution is 2.25. The second-order valence-electron chi connectivity index (χ2n) is 3.68. The molecule has 0 fully saturated rings. The summed E-state index contributed by atoms with van der Waals surface area (Å²) in [5.41, 5.74) is 2.35. The van der Waals surface area contributed by atoms with Crippen molar-refractivity contribution in [1.82, 2.24) is 0 Å². The zero-order valence-corrected chi connectivity index (χ0v) is 11.8. The molecule has 1 aromatic carbocycles. The van der Waals surface area contributed by atoms with E-state index in [0.717, 1.165) is 15.1 Å². The van der Waals surface area contributed by atoms with Crippen molar-refractivity contribution in [2.24, 2.45) is 5.92 Å². The summed E-state index contributed by atoms with van der Waals surface area (Å²) < 4.78 is 0.913. The van der Waals surface area contributed by atoms with Gasteiger partial charge in [-0.05, 0) is 39.5 Å². The lowest BCUT2D eigenvalue weighted by molar-refractivity contribution is 0.778. The Morgan fingerprint density at radius 1 is 1.47 bits per heavy atom. The van der Waals surface area contributed by atoms with E-state index >= 15 is 0 Å². The highest BCUT2D eigenvalue weighted by Gasteiger charge is 2.03. The smallest absolute Gasteiger partial charge is 0.0548 e. The van der Waals surface area contributed by atoms with E-state index in [1.807, 2.05) is 18.2 Å². The normalized spacial score (nSPS) is 12.3. The molecule has 0 nitrogen and oxygen atoms in total. The second kappa shape index (κ2) is 5.93. The van der Waals surface area contributed by atoms with Crippen molar-refractivity contribution < 1.29 is 0 Å². The Kier molecular flexibility index (Phi) is 5.17. The summed E-state index contributed by atoms with van der Waals surface area (Å²) in [6.45, 7) is 4.28. The first-order chi connectivity index (χ1) is 7.04. The Labute approximate surface area is 109 Å². The first-order valence-electron chi connectivity index (χ1n) is 4.76. The second-order valence-corrected chi connectivity index (χ2v) is 5.21. The van der Waals surface area contributed by atoms with Crippen LogP contribution in [0.1, 0.15) is 19.4 Å². The lowest BCUT2D eigenvalue weighted by Crippen LogP contribution is -1.95. The number of allylic oxidation sites excluding steroid dienone is 1. The minimum Gasteiger partial charge on any atom is -0.122 e. The zero-order chi connectivity index (χ0) is 11.4. The van der Waals surface area contributed by atoms with Crippen LogP contribution in [-0.4, -0.2) is 5.88 Å². The van der Waals surface area contributed by atoms with E-state index in [1.165, 1.54) is 5.57 Å². The Morgan fingerprint density at radius 3 is 2.60 bits per heavy atom. The van der Waals surface area contributed by atoms with Crippen LogP contribution in [0.15, 0.2) is 28.2 Å². The van der Waals surface area contributed by atoms with Crippen LogP contribution in [-0.2, 0) is 0 Å². The summed E-state index contributed by atoms with van der Waals surface area (Å²) in [6, 6.07) is 5.86. The Bertz CT molecular complexity index is 370. The van der Waals surface area contributed by atoms with Gasteiger partial charge in [-0.25, -0.2) is 0 Å². The van der Waals surface area contributed by atoms with Gasteiger partial charge in [0, 0.05) is 10.4 Å². The summed E-state index contributed by atoms with van der Waals surface area (Å²) in [7, 11) is 0. The minimum atomic E-state index is 0.469. The first-order valence-corrected chi connectivity index (χ1v) is 6.46. The summed E-state index contributed by atoms with van der Waals surface area (Å²) in [6.07, 6.45) is 2.11. The highest BCUT2D eigenvalue weighted by molar-refractivity contribution is 9.10. The van der Waals surface area contributed by atoms with E-state index < -0.39 is 0 Å². The average Bonchev–Trinajstić information content (AvgIpc) is 2.19. The molecule has 0 saturated carbocycles. The monoisotopic (exact) mass is 306 g/mol. The van der Waals surface area contributed by atoms with E-state index in [1.54, 1.807) is 0 Å². The van der Waals surface area contributed by atoms with Gasteiger partial charge in [0.25, 0.3) is 0 Å². The topological polar surface area (TPSA) is 0 Å². The van der Waals surface area contributed by atoms with E-state index in [9.17, 15) is 0 Å². The van der Waals surface area contributed by atoms with Crippen LogP contribution in [0.5, 0.6) is 0 Å². The molecule has 0 atom stereocenters. The van der Waals surface area contributed by atoms with Crippen LogP contribution in [0.25, 0.3) is 6.08 Å². The molecule has 0 spiro atoms. The van der Waals surface area contributed by atoms with Gasteiger partial charge >= 0.3 is 0 Å². The first kappa shape index (κ1) is 13.1. The molecular weight excluding hydrogens is 295 g/mol. The molecule has 0 aromatic heterocycles. The fourth-order valence-electron chi connectivity index (χ4n) is 1.18.